The Morgan fingerprint density at radius 3 is 2.07 bits per heavy atom. The summed E-state index contributed by atoms with van der Waals surface area (Å²) in [5.74, 6) is -1.58. The zero-order chi connectivity index (χ0) is 21.1. The Morgan fingerprint density at radius 2 is 1.57 bits per heavy atom. The molecule has 0 amide bonds. The highest BCUT2D eigenvalue weighted by Crippen LogP contribution is 2.35. The summed E-state index contributed by atoms with van der Waals surface area (Å²) >= 11 is 0. The Morgan fingerprint density at radius 1 is 1.00 bits per heavy atom. The summed E-state index contributed by atoms with van der Waals surface area (Å²) < 4.78 is 35.7. The maximum absolute atomic E-state index is 13.0. The number of benzene rings is 2. The van der Waals surface area contributed by atoms with Crippen LogP contribution in [-0.4, -0.2) is 46.5 Å². The Hall–Kier alpha value is -3.47. The summed E-state index contributed by atoms with van der Waals surface area (Å²) in [7, 11) is -0.952. The van der Waals surface area contributed by atoms with Crippen LogP contribution in [0.2, 0.25) is 0 Å². The third kappa shape index (κ3) is 3.78. The number of nitrogens with zero attached hydrogens (tertiary/aromatic N) is 2. The lowest BCUT2D eigenvalue weighted by atomic mass is 10.1. The quantitative estimate of drug-likeness (QED) is 0.402. The van der Waals surface area contributed by atoms with Crippen molar-refractivity contribution in [2.24, 2.45) is 0 Å². The first-order valence-electron chi connectivity index (χ1n) is 7.68. The van der Waals surface area contributed by atoms with Crippen LogP contribution in [-0.2, 0) is 19.5 Å². The number of esters is 2. The van der Waals surface area contributed by atoms with E-state index in [0.717, 1.165) is 32.4 Å². The first kappa shape index (κ1) is 20.8. The lowest BCUT2D eigenvalue weighted by Crippen LogP contribution is -2.29. The molecule has 148 valence electrons. The zero-order valence-electron chi connectivity index (χ0n) is 15.1. The van der Waals surface area contributed by atoms with Crippen LogP contribution in [0.4, 0.5) is 11.4 Å². The molecule has 0 saturated heterocycles. The molecule has 0 unspecified atom stereocenters. The highest BCUT2D eigenvalue weighted by Gasteiger charge is 2.32. The van der Waals surface area contributed by atoms with Gasteiger partial charge in [0.15, 0.2) is 0 Å². The Bertz CT molecular complexity index is 1030. The van der Waals surface area contributed by atoms with Crippen molar-refractivity contribution >= 4 is 33.3 Å². The van der Waals surface area contributed by atoms with Crippen molar-refractivity contribution in [3.05, 3.63) is 63.7 Å². The molecule has 0 atom stereocenters. The first-order chi connectivity index (χ1) is 13.1. The summed E-state index contributed by atoms with van der Waals surface area (Å²) in [5, 5.41) is 11.4. The van der Waals surface area contributed by atoms with Crippen LogP contribution in [0.15, 0.2) is 47.4 Å². The second kappa shape index (κ2) is 8.05. The van der Waals surface area contributed by atoms with E-state index >= 15 is 0 Å². The predicted octanol–water partition coefficient (Wildman–Crippen LogP) is 1.99. The molecule has 0 N–H and O–H groups in total. The Kier molecular flexibility index (Phi) is 5.99. The van der Waals surface area contributed by atoms with Crippen molar-refractivity contribution in [2.45, 2.75) is 4.90 Å². The second-order valence-electron chi connectivity index (χ2n) is 5.41. The van der Waals surface area contributed by atoms with Gasteiger partial charge in [-0.25, -0.2) is 18.0 Å². The summed E-state index contributed by atoms with van der Waals surface area (Å²) in [6.45, 7) is 0. The average molecular weight is 408 g/mol. The maximum Gasteiger partial charge on any atom is 0.340 e. The molecule has 0 aliphatic heterocycles. The van der Waals surface area contributed by atoms with Crippen molar-refractivity contribution in [1.82, 2.24) is 0 Å². The van der Waals surface area contributed by atoms with Crippen LogP contribution in [0.3, 0.4) is 0 Å². The van der Waals surface area contributed by atoms with Gasteiger partial charge in [-0.05, 0) is 30.3 Å². The van der Waals surface area contributed by atoms with Crippen LogP contribution < -0.4 is 4.31 Å². The topological polar surface area (TPSA) is 133 Å². The molecule has 28 heavy (non-hydrogen) atoms. The van der Waals surface area contributed by atoms with Gasteiger partial charge in [-0.1, -0.05) is 6.07 Å². The number of sulfonamides is 1. The van der Waals surface area contributed by atoms with Gasteiger partial charge in [-0.2, -0.15) is 0 Å². The van der Waals surface area contributed by atoms with E-state index in [1.54, 1.807) is 0 Å². The van der Waals surface area contributed by atoms with Crippen LogP contribution >= 0.6 is 0 Å². The molecule has 0 spiro atoms. The molecule has 11 heteroatoms. The Labute approximate surface area is 160 Å². The number of nitro benzene ring substituents is 1. The van der Waals surface area contributed by atoms with E-state index < -0.39 is 38.3 Å². The molecule has 2 aromatic carbocycles. The van der Waals surface area contributed by atoms with Crippen LogP contribution in [0.5, 0.6) is 0 Å². The number of rotatable bonds is 6. The van der Waals surface area contributed by atoms with Gasteiger partial charge in [0.2, 0.25) is 0 Å². The lowest BCUT2D eigenvalue weighted by molar-refractivity contribution is -0.384. The number of carbonyl (C=O) groups excluding carboxylic acids is 2. The molecule has 0 heterocycles. The van der Waals surface area contributed by atoms with E-state index in [1.165, 1.54) is 31.4 Å². The lowest BCUT2D eigenvalue weighted by Gasteiger charge is -2.21. The molecule has 2 rings (SSSR count). The van der Waals surface area contributed by atoms with E-state index in [9.17, 15) is 28.1 Å². The van der Waals surface area contributed by atoms with Gasteiger partial charge < -0.3 is 9.47 Å². The van der Waals surface area contributed by atoms with E-state index in [0.29, 0.717) is 4.31 Å². The fraction of sp³-hybridized carbons (Fsp3) is 0.176. The minimum atomic E-state index is -4.29. The van der Waals surface area contributed by atoms with Gasteiger partial charge in [0.25, 0.3) is 15.7 Å². The van der Waals surface area contributed by atoms with Gasteiger partial charge in [-0.15, -0.1) is 0 Å². The van der Waals surface area contributed by atoms with Gasteiger partial charge in [0.05, 0.1) is 35.2 Å². The zero-order valence-corrected chi connectivity index (χ0v) is 15.9. The van der Waals surface area contributed by atoms with E-state index in [2.05, 4.69) is 9.47 Å². The molecule has 0 aromatic heterocycles. The maximum atomic E-state index is 13.0. The number of anilines is 1. The molecule has 0 bridgehead atoms. The number of para-hydroxylation sites is 1. The minimum absolute atomic E-state index is 0.130. The molecule has 2 aromatic rings. The third-order valence-corrected chi connectivity index (χ3v) is 5.64. The summed E-state index contributed by atoms with van der Waals surface area (Å²) in [4.78, 5) is 33.9. The van der Waals surface area contributed by atoms with E-state index in [4.69, 9.17) is 0 Å². The van der Waals surface area contributed by atoms with Crippen molar-refractivity contribution in [3.63, 3.8) is 0 Å². The molecular formula is C17H16N2O8S. The van der Waals surface area contributed by atoms with Crippen molar-refractivity contribution in [1.29, 1.82) is 0 Å². The number of hydrogen-bond donors (Lipinski definition) is 0. The largest absolute Gasteiger partial charge is 0.465 e. The highest BCUT2D eigenvalue weighted by atomic mass is 32.2. The average Bonchev–Trinajstić information content (AvgIpc) is 2.71. The normalized spacial score (nSPS) is 10.8. The highest BCUT2D eigenvalue weighted by molar-refractivity contribution is 7.92. The fourth-order valence-electron chi connectivity index (χ4n) is 2.44. The minimum Gasteiger partial charge on any atom is -0.465 e. The molecule has 10 nitrogen and oxygen atoms in total. The van der Waals surface area contributed by atoms with E-state index in [1.807, 2.05) is 0 Å². The molecular weight excluding hydrogens is 392 g/mol. The van der Waals surface area contributed by atoms with Crippen LogP contribution in [0.25, 0.3) is 0 Å². The molecule has 0 aliphatic rings. The number of methoxy groups -OCH3 is 2. The number of ether oxygens (including phenoxy) is 2. The summed E-state index contributed by atoms with van der Waals surface area (Å²) in [6.07, 6.45) is 0. The van der Waals surface area contributed by atoms with Crippen molar-refractivity contribution < 1.29 is 32.4 Å². The first-order valence-corrected chi connectivity index (χ1v) is 9.12. The van der Waals surface area contributed by atoms with Crippen LogP contribution in [0, 0.1) is 10.1 Å². The van der Waals surface area contributed by atoms with Gasteiger partial charge >= 0.3 is 11.9 Å². The van der Waals surface area contributed by atoms with Gasteiger partial charge in [0.1, 0.15) is 5.69 Å². The van der Waals surface area contributed by atoms with Crippen molar-refractivity contribution in [2.75, 3.05) is 25.6 Å². The SMILES string of the molecule is COC(=O)c1ccc(S(=O)(=O)N(C)c2c(C(=O)OC)cccc2[N+](=O)[O-])cc1. The predicted molar refractivity (Wildman–Crippen MR) is 97.8 cm³/mol. The van der Waals surface area contributed by atoms with Crippen LogP contribution in [0.1, 0.15) is 20.7 Å². The monoisotopic (exact) mass is 408 g/mol. The number of carbonyl (C=O) groups is 2. The second-order valence-corrected chi connectivity index (χ2v) is 7.38. The van der Waals surface area contributed by atoms with Crippen molar-refractivity contribution in [3.8, 4) is 0 Å². The fourth-order valence-corrected chi connectivity index (χ4v) is 3.67. The smallest absolute Gasteiger partial charge is 0.340 e. The number of hydrogen-bond acceptors (Lipinski definition) is 8. The summed E-state index contributed by atoms with van der Waals surface area (Å²) in [5.41, 5.74) is -1.17. The molecule has 0 aliphatic carbocycles. The molecule has 0 fully saturated rings. The van der Waals surface area contributed by atoms with Gasteiger partial charge in [-0.3, -0.25) is 14.4 Å². The van der Waals surface area contributed by atoms with E-state index in [-0.39, 0.29) is 16.0 Å². The number of nitro groups is 1. The standard InChI is InChI=1S/C17H16N2O8S/c1-18(15-13(17(21)27-3)5-4-6-14(15)19(22)23)28(24,25)12-9-7-11(8-10-12)16(20)26-2/h4-10H,1-3H3. The molecule has 0 saturated carbocycles. The molecule has 0 radical (unpaired) electrons. The summed E-state index contributed by atoms with van der Waals surface area (Å²) in [6, 6.07) is 8.35. The Balaban J connectivity index is 2.61. The third-order valence-electron chi connectivity index (χ3n) is 3.87. The van der Waals surface area contributed by atoms with Gasteiger partial charge in [0, 0.05) is 13.1 Å².